The lowest BCUT2D eigenvalue weighted by atomic mass is 10.2. The van der Waals surface area contributed by atoms with E-state index in [0.717, 1.165) is 0 Å². The molecule has 19 heavy (non-hydrogen) atoms. The summed E-state index contributed by atoms with van der Waals surface area (Å²) in [6.45, 7) is 0.358. The highest BCUT2D eigenvalue weighted by molar-refractivity contribution is 5.42. The van der Waals surface area contributed by atoms with Gasteiger partial charge in [-0.25, -0.2) is 4.98 Å². The third kappa shape index (κ3) is 3.82. The summed E-state index contributed by atoms with van der Waals surface area (Å²) in [5.41, 5.74) is 6.33. The summed E-state index contributed by atoms with van der Waals surface area (Å²) in [7, 11) is 0. The third-order valence-corrected chi connectivity index (χ3v) is 2.48. The Hall–Kier alpha value is -2.34. The van der Waals surface area contributed by atoms with Gasteiger partial charge in [0.25, 0.3) is 5.69 Å². The number of nitrogens with one attached hydrogen (secondary N) is 2. The highest BCUT2D eigenvalue weighted by Gasteiger charge is 2.13. The number of nitrogen functional groups attached to an aromatic ring is 1. The average Bonchev–Trinajstić information content (AvgIpc) is 2.37. The lowest BCUT2D eigenvalue weighted by Gasteiger charge is -2.03. The van der Waals surface area contributed by atoms with Crippen molar-refractivity contribution in [1.82, 2.24) is 0 Å². The molecule has 0 unspecified atom stereocenters. The number of aromatic amines is 1. The quantitative estimate of drug-likeness (QED) is 0.532. The molecule has 0 amide bonds. The van der Waals surface area contributed by atoms with Gasteiger partial charge < -0.3 is 23.5 Å². The lowest BCUT2D eigenvalue weighted by molar-refractivity contribution is -0.385. The summed E-state index contributed by atoms with van der Waals surface area (Å²) in [4.78, 5) is 13.4. The Morgan fingerprint density at radius 1 is 1.21 bits per heavy atom. The van der Waals surface area contributed by atoms with Crippen LogP contribution in [0.4, 0.5) is 17.3 Å². The molecule has 0 aliphatic rings. The van der Waals surface area contributed by atoms with Gasteiger partial charge in [-0.2, -0.15) is 0 Å². The summed E-state index contributed by atoms with van der Waals surface area (Å²) >= 11 is 0. The highest BCUT2D eigenvalue weighted by Crippen LogP contribution is 2.18. The van der Waals surface area contributed by atoms with E-state index in [0.29, 0.717) is 23.7 Å². The number of pyridine rings is 1. The second-order valence-electron chi connectivity index (χ2n) is 3.76. The number of nitrogens with zero attached hydrogens (tertiary/aromatic N) is 1. The molecule has 0 aliphatic carbocycles. The minimum Gasteiger partial charge on any atom is -1.00 e. The second kappa shape index (κ2) is 6.55. The monoisotopic (exact) mass is 280 g/mol. The number of para-hydroxylation sites is 1. The Labute approximate surface area is 116 Å². The van der Waals surface area contributed by atoms with E-state index in [2.05, 4.69) is 10.3 Å². The Morgan fingerprint density at radius 2 is 1.95 bits per heavy atom. The van der Waals surface area contributed by atoms with Crippen LogP contribution in [-0.4, -0.2) is 4.92 Å². The number of rotatable bonds is 4. The molecule has 100 valence electrons. The van der Waals surface area contributed by atoms with Crippen LogP contribution in [0, 0.1) is 10.1 Å². The van der Waals surface area contributed by atoms with Gasteiger partial charge in [0, 0.05) is 18.2 Å². The maximum absolute atomic E-state index is 10.8. The SMILES string of the molecule is Nc1cccc(NCc2ccccc2[N+](=O)[O-])[nH+]1.[Cl-]. The molecule has 0 saturated heterocycles. The van der Waals surface area contributed by atoms with Crippen LogP contribution in [0.1, 0.15) is 5.56 Å². The maximum Gasteiger partial charge on any atom is 0.275 e. The number of anilines is 2. The highest BCUT2D eigenvalue weighted by atomic mass is 35.5. The normalized spacial score (nSPS) is 9.47. The molecule has 0 bridgehead atoms. The molecule has 7 heteroatoms. The Balaban J connectivity index is 0.00000180. The van der Waals surface area contributed by atoms with Crippen molar-refractivity contribution in [2.45, 2.75) is 6.54 Å². The summed E-state index contributed by atoms with van der Waals surface area (Å²) < 4.78 is 0. The van der Waals surface area contributed by atoms with Crippen molar-refractivity contribution in [2.75, 3.05) is 11.1 Å². The van der Waals surface area contributed by atoms with Gasteiger partial charge in [0.2, 0.25) is 11.6 Å². The van der Waals surface area contributed by atoms with E-state index >= 15 is 0 Å². The van der Waals surface area contributed by atoms with Crippen molar-refractivity contribution in [3.05, 3.63) is 58.1 Å². The predicted octanol–water partition coefficient (Wildman–Crippen LogP) is -1.39. The second-order valence-corrected chi connectivity index (χ2v) is 3.76. The fourth-order valence-electron chi connectivity index (χ4n) is 1.62. The number of benzene rings is 1. The predicted molar refractivity (Wildman–Crippen MR) is 67.8 cm³/mol. The molecule has 0 atom stereocenters. The fraction of sp³-hybridized carbons (Fsp3) is 0.0833. The zero-order valence-corrected chi connectivity index (χ0v) is 10.7. The van der Waals surface area contributed by atoms with Crippen LogP contribution in [0.3, 0.4) is 0 Å². The first-order chi connectivity index (χ1) is 8.66. The number of H-pyrrole nitrogens is 1. The molecule has 4 N–H and O–H groups in total. The van der Waals surface area contributed by atoms with Crippen molar-refractivity contribution in [1.29, 1.82) is 0 Å². The fourth-order valence-corrected chi connectivity index (χ4v) is 1.62. The molecular formula is C12H13ClN4O2. The standard InChI is InChI=1S/C12H12N4O2.ClH/c13-11-6-3-7-12(15-11)14-8-9-4-1-2-5-10(9)16(17)18;/h1-7H,8H2,(H3,13,14,15);1H. The molecule has 6 nitrogen and oxygen atoms in total. The van der Waals surface area contributed by atoms with Gasteiger partial charge in [-0.3, -0.25) is 10.1 Å². The number of nitrogens with two attached hydrogens (primary N) is 1. The van der Waals surface area contributed by atoms with E-state index in [1.165, 1.54) is 6.07 Å². The van der Waals surface area contributed by atoms with Crippen LogP contribution in [0.2, 0.25) is 0 Å². The van der Waals surface area contributed by atoms with Gasteiger partial charge in [0.05, 0.1) is 17.0 Å². The Morgan fingerprint density at radius 3 is 2.63 bits per heavy atom. The number of nitro benzene ring substituents is 1. The molecule has 0 fully saturated rings. The third-order valence-electron chi connectivity index (χ3n) is 2.48. The molecular weight excluding hydrogens is 268 g/mol. The van der Waals surface area contributed by atoms with Crippen molar-refractivity contribution in [2.24, 2.45) is 0 Å². The van der Waals surface area contributed by atoms with Crippen molar-refractivity contribution < 1.29 is 22.3 Å². The van der Waals surface area contributed by atoms with Crippen molar-refractivity contribution in [3.8, 4) is 0 Å². The van der Waals surface area contributed by atoms with Crippen molar-refractivity contribution >= 4 is 17.3 Å². The van der Waals surface area contributed by atoms with Crippen LogP contribution in [-0.2, 0) is 6.54 Å². The minimum absolute atomic E-state index is 0. The van der Waals surface area contributed by atoms with Crippen LogP contribution in [0.5, 0.6) is 0 Å². The first kappa shape index (κ1) is 14.7. The summed E-state index contributed by atoms with van der Waals surface area (Å²) in [5.74, 6) is 1.25. The lowest BCUT2D eigenvalue weighted by Crippen LogP contribution is -3.00. The van der Waals surface area contributed by atoms with Crippen molar-refractivity contribution in [3.63, 3.8) is 0 Å². The van der Waals surface area contributed by atoms with E-state index in [9.17, 15) is 10.1 Å². The van der Waals surface area contributed by atoms with Gasteiger partial charge in [0.1, 0.15) is 0 Å². The van der Waals surface area contributed by atoms with Gasteiger partial charge in [-0.05, 0) is 12.1 Å². The number of hydrogen-bond donors (Lipinski definition) is 2. The van der Waals surface area contributed by atoms with Crippen LogP contribution < -0.4 is 28.4 Å². The zero-order valence-electron chi connectivity index (χ0n) is 9.97. The Kier molecular flexibility index (Phi) is 5.08. The van der Waals surface area contributed by atoms with Gasteiger partial charge in [-0.15, -0.1) is 0 Å². The summed E-state index contributed by atoms with van der Waals surface area (Å²) in [6, 6.07) is 12.0. The van der Waals surface area contributed by atoms with E-state index in [1.807, 2.05) is 6.07 Å². The smallest absolute Gasteiger partial charge is 0.275 e. The van der Waals surface area contributed by atoms with Crippen LogP contribution in [0.15, 0.2) is 42.5 Å². The first-order valence-electron chi connectivity index (χ1n) is 5.41. The van der Waals surface area contributed by atoms with Gasteiger partial charge in [-0.1, -0.05) is 12.1 Å². The molecule has 2 rings (SSSR count). The van der Waals surface area contributed by atoms with E-state index < -0.39 is 0 Å². The Bertz CT molecular complexity index is 577. The first-order valence-corrected chi connectivity index (χ1v) is 5.41. The largest absolute Gasteiger partial charge is 1.00 e. The molecule has 1 heterocycles. The number of nitro groups is 1. The molecule has 0 spiro atoms. The molecule has 0 aliphatic heterocycles. The van der Waals surface area contributed by atoms with E-state index in [-0.39, 0.29) is 23.0 Å². The summed E-state index contributed by atoms with van der Waals surface area (Å²) in [6.07, 6.45) is 0. The molecule has 0 radical (unpaired) electrons. The molecule has 2 aromatic rings. The van der Waals surface area contributed by atoms with Gasteiger partial charge >= 0.3 is 0 Å². The van der Waals surface area contributed by atoms with Crippen LogP contribution in [0.25, 0.3) is 0 Å². The average molecular weight is 281 g/mol. The van der Waals surface area contributed by atoms with Gasteiger partial charge in [0.15, 0.2) is 0 Å². The number of aromatic nitrogens is 1. The minimum atomic E-state index is -0.389. The molecule has 1 aromatic carbocycles. The maximum atomic E-state index is 10.8. The summed E-state index contributed by atoms with van der Waals surface area (Å²) in [5, 5.41) is 13.9. The van der Waals surface area contributed by atoms with Crippen LogP contribution >= 0.6 is 0 Å². The zero-order chi connectivity index (χ0) is 13.0. The number of hydrogen-bond acceptors (Lipinski definition) is 4. The topological polar surface area (TPSA) is 95.3 Å². The molecule has 1 aromatic heterocycles. The van der Waals surface area contributed by atoms with E-state index in [1.54, 1.807) is 30.3 Å². The van der Waals surface area contributed by atoms with E-state index in [4.69, 9.17) is 5.73 Å². The number of halogens is 1. The molecule has 0 saturated carbocycles.